The Morgan fingerprint density at radius 2 is 2.06 bits per heavy atom. The van der Waals surface area contributed by atoms with E-state index in [9.17, 15) is 14.7 Å². The summed E-state index contributed by atoms with van der Waals surface area (Å²) < 4.78 is 5.21. The van der Waals surface area contributed by atoms with Gasteiger partial charge in [-0.25, -0.2) is 0 Å². The van der Waals surface area contributed by atoms with Crippen molar-refractivity contribution in [3.05, 3.63) is 0 Å². The van der Waals surface area contributed by atoms with Gasteiger partial charge in [-0.3, -0.25) is 9.59 Å². The van der Waals surface area contributed by atoms with Crippen LogP contribution >= 0.6 is 0 Å². The number of ether oxygens (including phenoxy) is 1. The van der Waals surface area contributed by atoms with E-state index in [2.05, 4.69) is 0 Å². The molecule has 5 heteroatoms. The summed E-state index contributed by atoms with van der Waals surface area (Å²) in [7, 11) is 0. The van der Waals surface area contributed by atoms with Crippen LogP contribution in [0.25, 0.3) is 0 Å². The first-order valence-corrected chi connectivity index (χ1v) is 6.64. The summed E-state index contributed by atoms with van der Waals surface area (Å²) in [4.78, 5) is 24.8. The van der Waals surface area contributed by atoms with Crippen LogP contribution in [0.15, 0.2) is 0 Å². The molecule has 1 fully saturated rings. The molecule has 0 aromatic rings. The summed E-state index contributed by atoms with van der Waals surface area (Å²) in [5.74, 6) is -0.878. The number of hydrogen-bond donors (Lipinski definition) is 1. The average Bonchev–Trinajstić information content (AvgIpc) is 2.75. The van der Waals surface area contributed by atoms with E-state index in [4.69, 9.17) is 4.74 Å². The Balaban J connectivity index is 2.52. The van der Waals surface area contributed by atoms with Crippen molar-refractivity contribution in [1.29, 1.82) is 0 Å². The number of carboxylic acids is 1. The molecule has 104 valence electrons. The van der Waals surface area contributed by atoms with Gasteiger partial charge in [0.25, 0.3) is 0 Å². The molecule has 1 heterocycles. The van der Waals surface area contributed by atoms with E-state index in [-0.39, 0.29) is 12.5 Å². The van der Waals surface area contributed by atoms with Gasteiger partial charge in [0, 0.05) is 19.7 Å². The molecule has 0 aromatic heterocycles. The average molecular weight is 257 g/mol. The van der Waals surface area contributed by atoms with E-state index >= 15 is 0 Å². The Morgan fingerprint density at radius 1 is 1.33 bits per heavy atom. The molecule has 1 amide bonds. The lowest BCUT2D eigenvalue weighted by atomic mass is 9.83. The molecule has 1 atom stereocenters. The third-order valence-electron chi connectivity index (χ3n) is 3.46. The normalized spacial score (nSPS) is 23.3. The van der Waals surface area contributed by atoms with Crippen molar-refractivity contribution >= 4 is 11.9 Å². The van der Waals surface area contributed by atoms with E-state index in [1.807, 2.05) is 13.8 Å². The Hall–Kier alpha value is -1.10. The second-order valence-electron chi connectivity index (χ2n) is 4.95. The summed E-state index contributed by atoms with van der Waals surface area (Å²) in [6.07, 6.45) is 2.88. The Bertz CT molecular complexity index is 305. The van der Waals surface area contributed by atoms with Crippen molar-refractivity contribution in [2.45, 2.75) is 39.5 Å². The smallest absolute Gasteiger partial charge is 0.311 e. The fraction of sp³-hybridized carbons (Fsp3) is 0.846. The van der Waals surface area contributed by atoms with Crippen molar-refractivity contribution in [2.75, 3.05) is 26.3 Å². The lowest BCUT2D eigenvalue weighted by Crippen LogP contribution is -2.38. The van der Waals surface area contributed by atoms with Gasteiger partial charge in [0.15, 0.2) is 0 Å². The van der Waals surface area contributed by atoms with Gasteiger partial charge >= 0.3 is 5.97 Å². The van der Waals surface area contributed by atoms with Gasteiger partial charge in [-0.15, -0.1) is 0 Å². The van der Waals surface area contributed by atoms with Crippen LogP contribution in [0, 0.1) is 5.41 Å². The summed E-state index contributed by atoms with van der Waals surface area (Å²) in [6.45, 7) is 5.44. The van der Waals surface area contributed by atoms with Crippen molar-refractivity contribution in [1.82, 2.24) is 4.90 Å². The zero-order chi connectivity index (χ0) is 13.6. The van der Waals surface area contributed by atoms with E-state index in [0.29, 0.717) is 32.5 Å². The van der Waals surface area contributed by atoms with Crippen LogP contribution in [-0.4, -0.2) is 48.2 Å². The van der Waals surface area contributed by atoms with Gasteiger partial charge in [0.1, 0.15) is 6.61 Å². The molecule has 1 saturated heterocycles. The molecule has 18 heavy (non-hydrogen) atoms. The second kappa shape index (κ2) is 6.73. The van der Waals surface area contributed by atoms with Crippen LogP contribution < -0.4 is 0 Å². The minimum Gasteiger partial charge on any atom is -0.481 e. The third kappa shape index (κ3) is 3.45. The fourth-order valence-corrected chi connectivity index (χ4v) is 2.44. The first-order valence-electron chi connectivity index (χ1n) is 6.64. The highest BCUT2D eigenvalue weighted by atomic mass is 16.5. The maximum Gasteiger partial charge on any atom is 0.311 e. The zero-order valence-corrected chi connectivity index (χ0v) is 11.3. The zero-order valence-electron chi connectivity index (χ0n) is 11.3. The van der Waals surface area contributed by atoms with Gasteiger partial charge < -0.3 is 14.7 Å². The lowest BCUT2D eigenvalue weighted by molar-refractivity contribution is -0.149. The fourth-order valence-electron chi connectivity index (χ4n) is 2.44. The number of hydrogen-bond acceptors (Lipinski definition) is 3. The molecule has 0 bridgehead atoms. The van der Waals surface area contributed by atoms with Gasteiger partial charge in [0.05, 0.1) is 5.41 Å². The van der Waals surface area contributed by atoms with Crippen LogP contribution in [-0.2, 0) is 14.3 Å². The van der Waals surface area contributed by atoms with Gasteiger partial charge in [-0.2, -0.15) is 0 Å². The van der Waals surface area contributed by atoms with E-state index in [0.717, 1.165) is 12.8 Å². The van der Waals surface area contributed by atoms with Gasteiger partial charge in [-0.1, -0.05) is 20.3 Å². The van der Waals surface area contributed by atoms with E-state index < -0.39 is 11.4 Å². The number of carbonyl (C=O) groups is 2. The van der Waals surface area contributed by atoms with Crippen LogP contribution in [0.2, 0.25) is 0 Å². The summed E-state index contributed by atoms with van der Waals surface area (Å²) in [5.41, 5.74) is -0.741. The quantitative estimate of drug-likeness (QED) is 0.702. The number of nitrogens with zero attached hydrogens (tertiary/aromatic N) is 1. The molecule has 0 aliphatic carbocycles. The number of amides is 1. The number of aliphatic carboxylic acids is 1. The minimum absolute atomic E-state index is 0.0651. The van der Waals surface area contributed by atoms with Gasteiger partial charge in [0.2, 0.25) is 5.91 Å². The predicted octanol–water partition coefficient (Wildman–Crippen LogP) is 1.52. The highest BCUT2D eigenvalue weighted by Crippen LogP contribution is 2.35. The maximum absolute atomic E-state index is 11.8. The van der Waals surface area contributed by atoms with Crippen molar-refractivity contribution in [2.24, 2.45) is 5.41 Å². The van der Waals surface area contributed by atoms with Crippen molar-refractivity contribution in [3.8, 4) is 0 Å². The molecule has 0 saturated carbocycles. The molecular weight excluding hydrogens is 234 g/mol. The first kappa shape index (κ1) is 15.0. The molecule has 1 N–H and O–H groups in total. The lowest BCUT2D eigenvalue weighted by Gasteiger charge is -2.24. The third-order valence-corrected chi connectivity index (χ3v) is 3.46. The summed E-state index contributed by atoms with van der Waals surface area (Å²) in [6, 6.07) is 0. The standard InChI is InChI=1S/C13H23NO4/c1-3-5-13(12(16)17)6-7-14(10-13)11(15)9-18-8-4-2/h3-10H2,1-2H3,(H,16,17). The Morgan fingerprint density at radius 3 is 2.61 bits per heavy atom. The molecule has 0 radical (unpaired) electrons. The molecule has 0 spiro atoms. The summed E-state index contributed by atoms with van der Waals surface area (Å²) in [5, 5.41) is 9.34. The maximum atomic E-state index is 11.8. The van der Waals surface area contributed by atoms with Crippen LogP contribution in [0.4, 0.5) is 0 Å². The number of likely N-dealkylation sites (tertiary alicyclic amines) is 1. The second-order valence-corrected chi connectivity index (χ2v) is 4.95. The molecule has 1 aliphatic rings. The predicted molar refractivity (Wildman–Crippen MR) is 67.3 cm³/mol. The van der Waals surface area contributed by atoms with Crippen LogP contribution in [0.5, 0.6) is 0 Å². The summed E-state index contributed by atoms with van der Waals surface area (Å²) >= 11 is 0. The first-order chi connectivity index (χ1) is 8.55. The number of carbonyl (C=O) groups excluding carboxylic acids is 1. The molecular formula is C13H23NO4. The van der Waals surface area contributed by atoms with Crippen LogP contribution in [0.1, 0.15) is 39.5 Å². The van der Waals surface area contributed by atoms with E-state index in [1.165, 1.54) is 0 Å². The van der Waals surface area contributed by atoms with Gasteiger partial charge in [-0.05, 0) is 19.3 Å². The molecule has 1 aliphatic heterocycles. The number of carboxylic acid groups (broad SMARTS) is 1. The SMILES string of the molecule is CCCOCC(=O)N1CCC(CCC)(C(=O)O)C1. The van der Waals surface area contributed by atoms with Crippen LogP contribution in [0.3, 0.4) is 0 Å². The van der Waals surface area contributed by atoms with Crippen molar-refractivity contribution in [3.63, 3.8) is 0 Å². The molecule has 1 rings (SSSR count). The molecule has 1 unspecified atom stereocenters. The Labute approximate surface area is 108 Å². The van der Waals surface area contributed by atoms with E-state index in [1.54, 1.807) is 4.90 Å². The van der Waals surface area contributed by atoms with Crippen molar-refractivity contribution < 1.29 is 19.4 Å². The minimum atomic E-state index is -0.783. The molecule has 0 aromatic carbocycles. The monoisotopic (exact) mass is 257 g/mol. The Kier molecular flexibility index (Phi) is 5.59. The highest BCUT2D eigenvalue weighted by molar-refractivity contribution is 5.81. The largest absolute Gasteiger partial charge is 0.481 e. The highest BCUT2D eigenvalue weighted by Gasteiger charge is 2.45. The topological polar surface area (TPSA) is 66.8 Å². The molecule has 5 nitrogen and oxygen atoms in total. The number of rotatable bonds is 7.